The quantitative estimate of drug-likeness (QED) is 0.626. The Morgan fingerprint density at radius 3 is 2.31 bits per heavy atom. The first kappa shape index (κ1) is 19.3. The van der Waals surface area contributed by atoms with Crippen LogP contribution in [-0.2, 0) is 22.6 Å². The Hall–Kier alpha value is -1.43. The van der Waals surface area contributed by atoms with Crippen LogP contribution in [0.25, 0.3) is 0 Å². The summed E-state index contributed by atoms with van der Waals surface area (Å²) in [7, 11) is 0. The van der Waals surface area contributed by atoms with E-state index in [2.05, 4.69) is 43.4 Å². The second kappa shape index (κ2) is 9.49. The molecule has 1 aromatic carbocycles. The smallest absolute Gasteiger partial charge is 0.275 e. The number of hydrogen-bond donors (Lipinski definition) is 3. The molecule has 5 nitrogen and oxygen atoms in total. The summed E-state index contributed by atoms with van der Waals surface area (Å²) in [6.07, 6.45) is 1.30. The third-order valence-electron chi connectivity index (χ3n) is 5.66. The van der Waals surface area contributed by atoms with Crippen LogP contribution in [0.3, 0.4) is 0 Å². The van der Waals surface area contributed by atoms with E-state index in [0.29, 0.717) is 13.1 Å². The highest BCUT2D eigenvalue weighted by atomic mass is 16.5. The molecule has 3 rings (SSSR count). The van der Waals surface area contributed by atoms with Crippen LogP contribution < -0.4 is 15.1 Å². The Morgan fingerprint density at radius 1 is 1.04 bits per heavy atom. The molecule has 2 heterocycles. The molecule has 0 aliphatic carbocycles. The summed E-state index contributed by atoms with van der Waals surface area (Å²) in [4.78, 5) is 15.3. The van der Waals surface area contributed by atoms with Crippen molar-refractivity contribution in [3.05, 3.63) is 35.4 Å². The monoisotopic (exact) mass is 361 g/mol. The van der Waals surface area contributed by atoms with Gasteiger partial charge in [-0.2, -0.15) is 0 Å². The molecule has 0 radical (unpaired) electrons. The largest absolute Gasteiger partial charge is 0.370 e. The molecule has 0 aromatic heterocycles. The number of morpholine rings is 1. The van der Waals surface area contributed by atoms with Gasteiger partial charge in [-0.3, -0.25) is 4.79 Å². The fourth-order valence-corrected chi connectivity index (χ4v) is 4.46. The van der Waals surface area contributed by atoms with Gasteiger partial charge >= 0.3 is 0 Å². The molecule has 0 unspecified atom stereocenters. The van der Waals surface area contributed by atoms with Crippen LogP contribution in [0.4, 0.5) is 0 Å². The van der Waals surface area contributed by atoms with Gasteiger partial charge in [0.25, 0.3) is 5.91 Å². The Bertz CT molecular complexity index is 559. The molecule has 2 fully saturated rings. The van der Waals surface area contributed by atoms with E-state index in [-0.39, 0.29) is 5.91 Å². The highest BCUT2D eigenvalue weighted by molar-refractivity contribution is 5.76. The number of amides is 1. The van der Waals surface area contributed by atoms with E-state index >= 15 is 0 Å². The minimum Gasteiger partial charge on any atom is -0.370 e. The number of piperidine rings is 1. The van der Waals surface area contributed by atoms with E-state index in [1.165, 1.54) is 22.4 Å². The molecule has 0 saturated carbocycles. The van der Waals surface area contributed by atoms with Crippen molar-refractivity contribution >= 4 is 5.91 Å². The summed E-state index contributed by atoms with van der Waals surface area (Å²) in [5.41, 5.74) is 2.53. The average Bonchev–Trinajstić information content (AvgIpc) is 2.61. The van der Waals surface area contributed by atoms with Crippen molar-refractivity contribution in [2.24, 2.45) is 11.8 Å². The van der Waals surface area contributed by atoms with Crippen LogP contribution >= 0.6 is 0 Å². The zero-order valence-electron chi connectivity index (χ0n) is 16.4. The maximum Gasteiger partial charge on any atom is 0.275 e. The summed E-state index contributed by atoms with van der Waals surface area (Å²) in [6.45, 7) is 13.1. The number of carbonyl (C=O) groups excluding carboxylic acids is 1. The van der Waals surface area contributed by atoms with Gasteiger partial charge in [0.05, 0.1) is 26.3 Å². The topological polar surface area (TPSA) is 47.2 Å². The van der Waals surface area contributed by atoms with Crippen molar-refractivity contribution < 1.29 is 19.3 Å². The Morgan fingerprint density at radius 2 is 1.65 bits per heavy atom. The molecule has 0 spiro atoms. The standard InChI is InChI=1S/C21H33N3O2/c1-17-11-18(2)14-24(13-17)16-21(25)22-12-19-3-5-20(6-4-19)15-23-7-9-26-10-8-23/h3-6,17-18H,7-16H2,1-2H3,(H,22,25)/p+2/t17-,18-/m1/s1. The van der Waals surface area contributed by atoms with Crippen LogP contribution in [0, 0.1) is 11.8 Å². The average molecular weight is 362 g/mol. The number of likely N-dealkylation sites (tertiary alicyclic amines) is 1. The van der Waals surface area contributed by atoms with Crippen molar-refractivity contribution in [1.29, 1.82) is 0 Å². The van der Waals surface area contributed by atoms with Crippen molar-refractivity contribution in [3.63, 3.8) is 0 Å². The second-order valence-corrected chi connectivity index (χ2v) is 8.41. The van der Waals surface area contributed by atoms with Crippen molar-refractivity contribution in [2.45, 2.75) is 33.4 Å². The van der Waals surface area contributed by atoms with Crippen LogP contribution in [0.2, 0.25) is 0 Å². The Labute approximate surface area is 157 Å². The van der Waals surface area contributed by atoms with Crippen LogP contribution in [-0.4, -0.2) is 51.8 Å². The third kappa shape index (κ3) is 6.08. The maximum atomic E-state index is 12.3. The molecular formula is C21H35N3O2+2. The maximum absolute atomic E-state index is 12.3. The van der Waals surface area contributed by atoms with E-state index in [9.17, 15) is 4.79 Å². The molecule has 1 aromatic rings. The minimum absolute atomic E-state index is 0.170. The van der Waals surface area contributed by atoms with Gasteiger partial charge in [-0.15, -0.1) is 0 Å². The number of quaternary nitrogens is 2. The number of nitrogens with one attached hydrogen (secondary N) is 3. The van der Waals surface area contributed by atoms with Gasteiger partial charge in [-0.25, -0.2) is 0 Å². The lowest BCUT2D eigenvalue weighted by Crippen LogP contribution is -3.15. The van der Waals surface area contributed by atoms with Gasteiger partial charge in [0.2, 0.25) is 0 Å². The molecule has 3 N–H and O–H groups in total. The van der Waals surface area contributed by atoms with Gasteiger partial charge in [0.1, 0.15) is 19.6 Å². The first-order chi connectivity index (χ1) is 12.6. The molecule has 144 valence electrons. The first-order valence-corrected chi connectivity index (χ1v) is 10.2. The van der Waals surface area contributed by atoms with Gasteiger partial charge in [-0.05, 0) is 12.0 Å². The molecule has 2 atom stereocenters. The lowest BCUT2D eigenvalue weighted by molar-refractivity contribution is -0.921. The minimum atomic E-state index is 0.170. The molecule has 0 bridgehead atoms. The van der Waals surface area contributed by atoms with Gasteiger partial charge in [-0.1, -0.05) is 38.1 Å². The summed E-state index contributed by atoms with van der Waals surface area (Å²) < 4.78 is 5.41. The number of carbonyl (C=O) groups is 1. The molecule has 5 heteroatoms. The zero-order chi connectivity index (χ0) is 18.4. The van der Waals surface area contributed by atoms with Crippen LogP contribution in [0.1, 0.15) is 31.4 Å². The van der Waals surface area contributed by atoms with Gasteiger partial charge in [0, 0.05) is 23.9 Å². The van der Waals surface area contributed by atoms with Crippen molar-refractivity contribution in [2.75, 3.05) is 45.9 Å². The number of ether oxygens (including phenoxy) is 1. The lowest BCUT2D eigenvalue weighted by Gasteiger charge is -2.31. The lowest BCUT2D eigenvalue weighted by atomic mass is 9.92. The van der Waals surface area contributed by atoms with Gasteiger partial charge < -0.3 is 19.9 Å². The van der Waals surface area contributed by atoms with Crippen molar-refractivity contribution in [1.82, 2.24) is 5.32 Å². The summed E-state index contributed by atoms with van der Waals surface area (Å²) in [5.74, 6) is 1.62. The zero-order valence-corrected chi connectivity index (χ0v) is 16.4. The summed E-state index contributed by atoms with van der Waals surface area (Å²) in [6, 6.07) is 8.69. The Kier molecular flexibility index (Phi) is 7.06. The van der Waals surface area contributed by atoms with E-state index in [0.717, 1.165) is 57.8 Å². The molecule has 2 aliphatic heterocycles. The second-order valence-electron chi connectivity index (χ2n) is 8.41. The highest BCUT2D eigenvalue weighted by Crippen LogP contribution is 2.11. The predicted molar refractivity (Wildman–Crippen MR) is 102 cm³/mol. The third-order valence-corrected chi connectivity index (χ3v) is 5.66. The number of hydrogen-bond acceptors (Lipinski definition) is 2. The highest BCUT2D eigenvalue weighted by Gasteiger charge is 2.26. The summed E-state index contributed by atoms with van der Waals surface area (Å²) in [5, 5.41) is 3.10. The first-order valence-electron chi connectivity index (χ1n) is 10.2. The van der Waals surface area contributed by atoms with E-state index < -0.39 is 0 Å². The van der Waals surface area contributed by atoms with E-state index in [1.807, 2.05) is 0 Å². The molecule has 2 saturated heterocycles. The van der Waals surface area contributed by atoms with Gasteiger partial charge in [0.15, 0.2) is 6.54 Å². The van der Waals surface area contributed by atoms with Crippen LogP contribution in [0.5, 0.6) is 0 Å². The summed E-state index contributed by atoms with van der Waals surface area (Å²) >= 11 is 0. The Balaban J connectivity index is 1.40. The normalized spacial score (nSPS) is 27.2. The predicted octanol–water partition coefficient (Wildman–Crippen LogP) is -0.721. The SMILES string of the molecule is C[C@@H]1C[C@@H](C)C[NH+](CC(=O)NCc2ccc(C[NH+]3CCOCC3)cc2)C1. The van der Waals surface area contributed by atoms with Crippen LogP contribution in [0.15, 0.2) is 24.3 Å². The molecule has 26 heavy (non-hydrogen) atoms. The van der Waals surface area contributed by atoms with E-state index in [4.69, 9.17) is 4.74 Å². The number of rotatable bonds is 6. The fraction of sp³-hybridized carbons (Fsp3) is 0.667. The molecule has 1 amide bonds. The number of benzene rings is 1. The van der Waals surface area contributed by atoms with Crippen molar-refractivity contribution in [3.8, 4) is 0 Å². The van der Waals surface area contributed by atoms with E-state index in [1.54, 1.807) is 4.90 Å². The molecule has 2 aliphatic rings. The molecular weight excluding hydrogens is 326 g/mol. The fourth-order valence-electron chi connectivity index (χ4n) is 4.46.